The molecule has 1 saturated heterocycles. The van der Waals surface area contributed by atoms with Gasteiger partial charge < -0.3 is 5.32 Å². The molecule has 0 saturated carbocycles. The minimum atomic E-state index is -3.08. The van der Waals surface area contributed by atoms with Crippen LogP contribution in [0.5, 0.6) is 0 Å². The van der Waals surface area contributed by atoms with E-state index in [9.17, 15) is 13.2 Å². The zero-order valence-electron chi connectivity index (χ0n) is 12.2. The molecule has 1 aromatic heterocycles. The highest BCUT2D eigenvalue weighted by atomic mass is 32.2. The molecule has 1 N–H and O–H groups in total. The minimum absolute atomic E-state index is 0.130. The summed E-state index contributed by atoms with van der Waals surface area (Å²) in [4.78, 5) is 17.5. The Morgan fingerprint density at radius 3 is 2.62 bits per heavy atom. The molecule has 0 aliphatic carbocycles. The fourth-order valence-corrected chi connectivity index (χ4v) is 4.00. The third-order valence-electron chi connectivity index (χ3n) is 3.31. The molecule has 0 radical (unpaired) electrons. The predicted molar refractivity (Wildman–Crippen MR) is 82.7 cm³/mol. The van der Waals surface area contributed by atoms with Crippen molar-refractivity contribution in [2.75, 3.05) is 37.2 Å². The quantitative estimate of drug-likeness (QED) is 0.852. The minimum Gasteiger partial charge on any atom is -0.302 e. The Morgan fingerprint density at radius 2 is 2.05 bits per heavy atom. The lowest BCUT2D eigenvalue weighted by Gasteiger charge is -2.33. The fourth-order valence-electron chi connectivity index (χ4n) is 2.17. The van der Waals surface area contributed by atoms with Crippen LogP contribution in [0.1, 0.15) is 19.5 Å². The van der Waals surface area contributed by atoms with E-state index in [1.165, 1.54) is 18.3 Å². The zero-order valence-corrected chi connectivity index (χ0v) is 13.8. The molecular formula is C12H20N4O3S2. The maximum Gasteiger partial charge on any atom is 0.223 e. The Labute approximate surface area is 129 Å². The second kappa shape index (κ2) is 6.82. The van der Waals surface area contributed by atoms with Crippen LogP contribution in [-0.2, 0) is 21.4 Å². The number of aromatic nitrogens is 1. The van der Waals surface area contributed by atoms with Gasteiger partial charge in [-0.3, -0.25) is 9.69 Å². The van der Waals surface area contributed by atoms with Crippen molar-refractivity contribution >= 4 is 32.4 Å². The maximum atomic E-state index is 11.8. The number of anilines is 1. The number of amides is 1. The summed E-state index contributed by atoms with van der Waals surface area (Å²) in [5, 5.41) is 5.18. The first-order valence-electron chi connectivity index (χ1n) is 6.83. The van der Waals surface area contributed by atoms with Crippen LogP contribution in [0, 0.1) is 0 Å². The van der Waals surface area contributed by atoms with E-state index in [1.54, 1.807) is 11.2 Å². The monoisotopic (exact) mass is 332 g/mol. The van der Waals surface area contributed by atoms with Crippen LogP contribution < -0.4 is 5.32 Å². The number of carbonyl (C=O) groups excluding carboxylic acids is 1. The van der Waals surface area contributed by atoms with Gasteiger partial charge in [0.15, 0.2) is 5.13 Å². The number of thiazole rings is 1. The molecule has 21 heavy (non-hydrogen) atoms. The molecule has 0 spiro atoms. The van der Waals surface area contributed by atoms with Crippen molar-refractivity contribution in [2.45, 2.75) is 20.4 Å². The summed E-state index contributed by atoms with van der Waals surface area (Å²) in [5.74, 6) is 0.0217. The number of sulfonamides is 1. The van der Waals surface area contributed by atoms with Gasteiger partial charge in [-0.15, -0.1) is 11.3 Å². The Morgan fingerprint density at radius 1 is 1.38 bits per heavy atom. The zero-order chi connectivity index (χ0) is 15.5. The highest BCUT2D eigenvalue weighted by Crippen LogP contribution is 2.18. The molecule has 2 rings (SSSR count). The van der Waals surface area contributed by atoms with Gasteiger partial charge in [0.05, 0.1) is 11.4 Å². The van der Waals surface area contributed by atoms with Crippen LogP contribution >= 0.6 is 11.3 Å². The van der Waals surface area contributed by atoms with Gasteiger partial charge in [-0.1, -0.05) is 0 Å². The lowest BCUT2D eigenvalue weighted by molar-refractivity contribution is -0.114. The maximum absolute atomic E-state index is 11.8. The average molecular weight is 332 g/mol. The molecule has 1 aliphatic rings. The molecular weight excluding hydrogens is 312 g/mol. The number of rotatable bonds is 5. The Kier molecular flexibility index (Phi) is 5.31. The van der Waals surface area contributed by atoms with E-state index < -0.39 is 10.0 Å². The van der Waals surface area contributed by atoms with E-state index in [0.29, 0.717) is 37.9 Å². The van der Waals surface area contributed by atoms with E-state index in [-0.39, 0.29) is 11.7 Å². The Hall–Kier alpha value is -1.03. The van der Waals surface area contributed by atoms with Crippen molar-refractivity contribution in [2.24, 2.45) is 0 Å². The van der Waals surface area contributed by atoms with Gasteiger partial charge in [-0.05, 0) is 6.92 Å². The molecule has 0 bridgehead atoms. The normalized spacial score (nSPS) is 17.8. The van der Waals surface area contributed by atoms with Crippen molar-refractivity contribution < 1.29 is 13.2 Å². The molecule has 9 heteroatoms. The van der Waals surface area contributed by atoms with Crippen molar-refractivity contribution in [3.63, 3.8) is 0 Å². The van der Waals surface area contributed by atoms with Crippen LogP contribution in [0.3, 0.4) is 0 Å². The second-order valence-corrected chi connectivity index (χ2v) is 8.02. The van der Waals surface area contributed by atoms with Gasteiger partial charge in [0.1, 0.15) is 0 Å². The Bertz CT molecular complexity index is 591. The van der Waals surface area contributed by atoms with E-state index in [1.807, 2.05) is 5.38 Å². The van der Waals surface area contributed by atoms with Gasteiger partial charge >= 0.3 is 0 Å². The molecule has 1 aromatic rings. The van der Waals surface area contributed by atoms with Crippen LogP contribution in [0.25, 0.3) is 0 Å². The summed E-state index contributed by atoms with van der Waals surface area (Å²) in [5.41, 5.74) is 0.899. The van der Waals surface area contributed by atoms with E-state index in [2.05, 4.69) is 15.2 Å². The molecule has 0 atom stereocenters. The van der Waals surface area contributed by atoms with Gasteiger partial charge in [-0.25, -0.2) is 13.4 Å². The number of nitrogens with zero attached hydrogens (tertiary/aromatic N) is 3. The molecule has 1 amide bonds. The highest BCUT2D eigenvalue weighted by molar-refractivity contribution is 7.89. The van der Waals surface area contributed by atoms with Gasteiger partial charge in [0, 0.05) is 45.0 Å². The van der Waals surface area contributed by atoms with Crippen LogP contribution in [0.4, 0.5) is 5.13 Å². The number of nitrogens with one attached hydrogen (secondary N) is 1. The molecule has 0 aromatic carbocycles. The largest absolute Gasteiger partial charge is 0.302 e. The first-order chi connectivity index (χ1) is 9.90. The first kappa shape index (κ1) is 16.3. The van der Waals surface area contributed by atoms with Crippen LogP contribution in [0.2, 0.25) is 0 Å². The predicted octanol–water partition coefficient (Wildman–Crippen LogP) is 0.569. The lowest BCUT2D eigenvalue weighted by atomic mass is 10.3. The smallest absolute Gasteiger partial charge is 0.223 e. The van der Waals surface area contributed by atoms with Crippen molar-refractivity contribution in [3.8, 4) is 0 Å². The van der Waals surface area contributed by atoms with Crippen molar-refractivity contribution in [3.05, 3.63) is 11.1 Å². The molecule has 0 unspecified atom stereocenters. The third kappa shape index (κ3) is 4.47. The molecule has 2 heterocycles. The number of piperazine rings is 1. The summed E-state index contributed by atoms with van der Waals surface area (Å²) in [6, 6.07) is 0. The number of carbonyl (C=O) groups is 1. The van der Waals surface area contributed by atoms with Gasteiger partial charge in [-0.2, -0.15) is 4.31 Å². The van der Waals surface area contributed by atoms with E-state index in [0.717, 1.165) is 5.69 Å². The number of hydrogen-bond acceptors (Lipinski definition) is 6. The van der Waals surface area contributed by atoms with E-state index >= 15 is 0 Å². The number of hydrogen-bond donors (Lipinski definition) is 1. The fraction of sp³-hybridized carbons (Fsp3) is 0.667. The summed E-state index contributed by atoms with van der Waals surface area (Å²) >= 11 is 1.40. The van der Waals surface area contributed by atoms with E-state index in [4.69, 9.17) is 0 Å². The van der Waals surface area contributed by atoms with Crippen molar-refractivity contribution in [1.29, 1.82) is 0 Å². The van der Waals surface area contributed by atoms with Crippen molar-refractivity contribution in [1.82, 2.24) is 14.2 Å². The summed E-state index contributed by atoms with van der Waals surface area (Å²) in [6.07, 6.45) is 0. The first-order valence-corrected chi connectivity index (χ1v) is 9.32. The summed E-state index contributed by atoms with van der Waals surface area (Å²) < 4.78 is 25.1. The summed E-state index contributed by atoms with van der Waals surface area (Å²) in [7, 11) is -3.08. The molecule has 1 aliphatic heterocycles. The molecule has 7 nitrogen and oxygen atoms in total. The Balaban J connectivity index is 1.86. The third-order valence-corrected chi connectivity index (χ3v) is 6.00. The van der Waals surface area contributed by atoms with Gasteiger partial charge in [0.25, 0.3) is 0 Å². The van der Waals surface area contributed by atoms with Crippen LogP contribution in [0.15, 0.2) is 5.38 Å². The topological polar surface area (TPSA) is 82.6 Å². The second-order valence-electron chi connectivity index (χ2n) is 4.90. The molecule has 118 valence electrons. The standard InChI is InChI=1S/C12H20N4O3S2/c1-3-21(18,19)16-6-4-15(5-7-16)8-11-9-20-12(14-11)13-10(2)17/h9H,3-8H2,1-2H3,(H,13,14,17). The average Bonchev–Trinajstić information content (AvgIpc) is 2.85. The lowest BCUT2D eigenvalue weighted by Crippen LogP contribution is -2.48. The van der Waals surface area contributed by atoms with Crippen LogP contribution in [-0.4, -0.2) is 60.4 Å². The molecule has 1 fully saturated rings. The highest BCUT2D eigenvalue weighted by Gasteiger charge is 2.25. The summed E-state index contributed by atoms with van der Waals surface area (Å²) in [6.45, 7) is 6.25. The SMILES string of the molecule is CCS(=O)(=O)N1CCN(Cc2csc(NC(C)=O)n2)CC1. The van der Waals surface area contributed by atoms with Gasteiger partial charge in [0.2, 0.25) is 15.9 Å².